The monoisotopic (exact) mass is 270 g/mol. The van der Waals surface area contributed by atoms with Crippen LogP contribution in [0.2, 0.25) is 0 Å². The second-order valence-electron chi connectivity index (χ2n) is 5.59. The first kappa shape index (κ1) is 14.1. The van der Waals surface area contributed by atoms with Gasteiger partial charge in [-0.3, -0.25) is 0 Å². The number of amides is 2. The van der Waals surface area contributed by atoms with Crippen LogP contribution in [0.25, 0.3) is 0 Å². The number of aliphatic carboxylic acids is 1. The molecule has 2 amide bonds. The van der Waals surface area contributed by atoms with Crippen molar-refractivity contribution in [3.8, 4) is 0 Å². The molecule has 1 unspecified atom stereocenters. The van der Waals surface area contributed by atoms with Gasteiger partial charge in [-0.2, -0.15) is 0 Å². The Morgan fingerprint density at radius 1 is 1.21 bits per heavy atom. The van der Waals surface area contributed by atoms with Crippen LogP contribution in [0, 0.1) is 5.92 Å². The highest BCUT2D eigenvalue weighted by Crippen LogP contribution is 2.23. The van der Waals surface area contributed by atoms with Gasteiger partial charge in [0.1, 0.15) is 6.04 Å². The Labute approximate surface area is 112 Å². The van der Waals surface area contributed by atoms with Gasteiger partial charge in [0, 0.05) is 19.5 Å². The minimum Gasteiger partial charge on any atom is -0.480 e. The predicted molar refractivity (Wildman–Crippen MR) is 68.7 cm³/mol. The fourth-order valence-corrected chi connectivity index (χ4v) is 3.00. The van der Waals surface area contributed by atoms with Gasteiger partial charge in [0.15, 0.2) is 0 Å². The molecule has 0 spiro atoms. The first-order valence-electron chi connectivity index (χ1n) is 7.03. The highest BCUT2D eigenvalue weighted by Gasteiger charge is 2.38. The van der Waals surface area contributed by atoms with Gasteiger partial charge in [-0.15, -0.1) is 0 Å². The number of likely N-dealkylation sites (tertiary alicyclic amines) is 1. The molecule has 6 nitrogen and oxygen atoms in total. The summed E-state index contributed by atoms with van der Waals surface area (Å²) in [5.41, 5.74) is 0. The van der Waals surface area contributed by atoms with E-state index in [9.17, 15) is 14.7 Å². The van der Waals surface area contributed by atoms with Crippen molar-refractivity contribution in [3.05, 3.63) is 0 Å². The van der Waals surface area contributed by atoms with Crippen molar-refractivity contribution in [2.24, 2.45) is 5.92 Å². The molecule has 0 aromatic rings. The Bertz CT molecular complexity index is 342. The summed E-state index contributed by atoms with van der Waals surface area (Å²) in [6.07, 6.45) is 5.33. The lowest BCUT2D eigenvalue weighted by Gasteiger charge is -2.25. The van der Waals surface area contributed by atoms with E-state index in [1.165, 1.54) is 24.2 Å². The molecule has 3 N–H and O–H groups in total. The van der Waals surface area contributed by atoms with Crippen molar-refractivity contribution in [2.75, 3.05) is 13.1 Å². The number of nitrogens with zero attached hydrogens (tertiary/aromatic N) is 1. The molecule has 1 saturated heterocycles. The van der Waals surface area contributed by atoms with Gasteiger partial charge in [0.2, 0.25) is 0 Å². The molecule has 0 aromatic carbocycles. The lowest BCUT2D eigenvalue weighted by molar-refractivity contribution is -0.141. The maximum absolute atomic E-state index is 12.0. The Kier molecular flexibility index (Phi) is 4.63. The topological polar surface area (TPSA) is 89.9 Å². The number of hydrogen-bond acceptors (Lipinski definition) is 3. The summed E-state index contributed by atoms with van der Waals surface area (Å²) < 4.78 is 0. The van der Waals surface area contributed by atoms with E-state index in [2.05, 4.69) is 5.32 Å². The van der Waals surface area contributed by atoms with Crippen molar-refractivity contribution in [2.45, 2.75) is 50.7 Å². The lowest BCUT2D eigenvalue weighted by Crippen LogP contribution is -2.47. The Morgan fingerprint density at radius 2 is 1.89 bits per heavy atom. The third-order valence-corrected chi connectivity index (χ3v) is 4.09. The number of carbonyl (C=O) groups excluding carboxylic acids is 1. The summed E-state index contributed by atoms with van der Waals surface area (Å²) in [7, 11) is 0. The number of carboxylic acids is 1. The number of nitrogens with one attached hydrogen (secondary N) is 1. The van der Waals surface area contributed by atoms with Gasteiger partial charge in [-0.1, -0.05) is 19.3 Å². The lowest BCUT2D eigenvalue weighted by atomic mass is 9.89. The first-order valence-corrected chi connectivity index (χ1v) is 7.03. The maximum atomic E-state index is 12.0. The molecular weight excluding hydrogens is 248 g/mol. The summed E-state index contributed by atoms with van der Waals surface area (Å²) in [5, 5.41) is 21.3. The average Bonchev–Trinajstić information content (AvgIpc) is 2.79. The van der Waals surface area contributed by atoms with E-state index in [-0.39, 0.29) is 19.0 Å². The number of hydrogen-bond donors (Lipinski definition) is 3. The zero-order valence-corrected chi connectivity index (χ0v) is 11.0. The van der Waals surface area contributed by atoms with E-state index in [0.29, 0.717) is 12.5 Å². The number of urea groups is 1. The summed E-state index contributed by atoms with van der Waals surface area (Å²) in [5.74, 6) is -0.544. The third-order valence-electron chi connectivity index (χ3n) is 4.09. The molecule has 2 atom stereocenters. The molecule has 108 valence electrons. The van der Waals surface area contributed by atoms with Crippen LogP contribution in [0.1, 0.15) is 38.5 Å². The quantitative estimate of drug-likeness (QED) is 0.707. The molecule has 2 fully saturated rings. The van der Waals surface area contributed by atoms with Gasteiger partial charge in [0.05, 0.1) is 6.10 Å². The van der Waals surface area contributed by atoms with E-state index >= 15 is 0 Å². The fraction of sp³-hybridized carbons (Fsp3) is 0.846. The van der Waals surface area contributed by atoms with Gasteiger partial charge < -0.3 is 20.4 Å². The molecule has 6 heteroatoms. The molecule has 0 radical (unpaired) electrons. The van der Waals surface area contributed by atoms with Crippen LogP contribution in [0.3, 0.4) is 0 Å². The van der Waals surface area contributed by atoms with E-state index in [0.717, 1.165) is 12.8 Å². The van der Waals surface area contributed by atoms with Crippen molar-refractivity contribution in [1.82, 2.24) is 10.2 Å². The minimum atomic E-state index is -1.05. The SMILES string of the molecule is O=C(O)[C@@H]1CC(O)CN1C(=O)NCC1CCCCC1. The number of β-amino-alcohol motifs (C(OH)–C–C–N with tert-alkyl or cyclic N) is 1. The molecule has 1 aliphatic carbocycles. The molecule has 1 heterocycles. The molecule has 2 rings (SSSR count). The normalized spacial score (nSPS) is 28.4. The molecule has 19 heavy (non-hydrogen) atoms. The number of rotatable bonds is 3. The standard InChI is InChI=1S/C13H22N2O4/c16-10-6-11(12(17)18)15(8-10)13(19)14-7-9-4-2-1-3-5-9/h9-11,16H,1-8H2,(H,14,19)(H,17,18)/t10?,11-/m0/s1. The minimum absolute atomic E-state index is 0.105. The van der Waals surface area contributed by atoms with Gasteiger partial charge in [-0.25, -0.2) is 9.59 Å². The van der Waals surface area contributed by atoms with Crippen LogP contribution in [-0.4, -0.2) is 52.3 Å². The zero-order valence-electron chi connectivity index (χ0n) is 11.0. The van der Waals surface area contributed by atoms with Crippen LogP contribution in [0.4, 0.5) is 4.79 Å². The number of aliphatic hydroxyl groups is 1. The Balaban J connectivity index is 1.82. The molecule has 1 saturated carbocycles. The van der Waals surface area contributed by atoms with Gasteiger partial charge in [-0.05, 0) is 18.8 Å². The van der Waals surface area contributed by atoms with E-state index in [1.54, 1.807) is 0 Å². The third kappa shape index (κ3) is 3.59. The number of carbonyl (C=O) groups is 2. The molecule has 0 aromatic heterocycles. The van der Waals surface area contributed by atoms with Crippen molar-refractivity contribution in [1.29, 1.82) is 0 Å². The highest BCUT2D eigenvalue weighted by molar-refractivity contribution is 5.83. The highest BCUT2D eigenvalue weighted by atomic mass is 16.4. The molecule has 2 aliphatic rings. The summed E-state index contributed by atoms with van der Waals surface area (Å²) in [6.45, 7) is 0.714. The average molecular weight is 270 g/mol. The van der Waals surface area contributed by atoms with Gasteiger partial charge in [0.25, 0.3) is 0 Å². The summed E-state index contributed by atoms with van der Waals surface area (Å²) >= 11 is 0. The zero-order chi connectivity index (χ0) is 13.8. The maximum Gasteiger partial charge on any atom is 0.326 e. The molecule has 1 aliphatic heterocycles. The van der Waals surface area contributed by atoms with Crippen molar-refractivity contribution in [3.63, 3.8) is 0 Å². The van der Waals surface area contributed by atoms with E-state index in [1.807, 2.05) is 0 Å². The van der Waals surface area contributed by atoms with Crippen molar-refractivity contribution >= 4 is 12.0 Å². The van der Waals surface area contributed by atoms with Crippen LogP contribution in [0.15, 0.2) is 0 Å². The summed E-state index contributed by atoms with van der Waals surface area (Å²) in [6, 6.07) is -1.27. The second-order valence-corrected chi connectivity index (χ2v) is 5.59. The second kappa shape index (κ2) is 6.23. The van der Waals surface area contributed by atoms with Crippen LogP contribution >= 0.6 is 0 Å². The van der Waals surface area contributed by atoms with E-state index < -0.39 is 18.1 Å². The van der Waals surface area contributed by atoms with Gasteiger partial charge >= 0.3 is 12.0 Å². The molecule has 0 bridgehead atoms. The van der Waals surface area contributed by atoms with E-state index in [4.69, 9.17) is 5.11 Å². The van der Waals surface area contributed by atoms with Crippen LogP contribution < -0.4 is 5.32 Å². The smallest absolute Gasteiger partial charge is 0.326 e. The Hall–Kier alpha value is -1.30. The summed E-state index contributed by atoms with van der Waals surface area (Å²) in [4.78, 5) is 24.3. The molecular formula is C13H22N2O4. The number of aliphatic hydroxyl groups excluding tert-OH is 1. The van der Waals surface area contributed by atoms with Crippen LogP contribution in [0.5, 0.6) is 0 Å². The fourth-order valence-electron chi connectivity index (χ4n) is 3.00. The predicted octanol–water partition coefficient (Wildman–Crippen LogP) is 0.796. The van der Waals surface area contributed by atoms with Crippen molar-refractivity contribution < 1.29 is 19.8 Å². The first-order chi connectivity index (χ1) is 9.08. The Morgan fingerprint density at radius 3 is 2.53 bits per heavy atom. The largest absolute Gasteiger partial charge is 0.480 e. The van der Waals surface area contributed by atoms with Crippen LogP contribution in [-0.2, 0) is 4.79 Å². The number of carboxylic acid groups (broad SMARTS) is 1.